The summed E-state index contributed by atoms with van der Waals surface area (Å²) in [6.45, 7) is 7.20. The molecule has 0 aliphatic carbocycles. The minimum absolute atomic E-state index is 0.00926. The second kappa shape index (κ2) is 14.3. The number of methoxy groups -OCH3 is 1. The molecule has 33 heavy (non-hydrogen) atoms. The lowest BCUT2D eigenvalue weighted by molar-refractivity contribution is 0.00179. The predicted octanol–water partition coefficient (Wildman–Crippen LogP) is 3.33. The average Bonchev–Trinajstić information content (AvgIpc) is 2.84. The number of rotatable bonds is 7. The topological polar surface area (TPSA) is 130 Å². The smallest absolute Gasteiger partial charge is 0.193 e. The zero-order chi connectivity index (χ0) is 25.0. The molecule has 0 saturated carbocycles. The van der Waals surface area contributed by atoms with Crippen molar-refractivity contribution in [1.29, 1.82) is 0 Å². The molecule has 0 fully saturated rings. The second-order valence-electron chi connectivity index (χ2n) is 7.00. The fourth-order valence-corrected chi connectivity index (χ4v) is 2.43. The summed E-state index contributed by atoms with van der Waals surface area (Å²) in [6, 6.07) is 12.9. The summed E-state index contributed by atoms with van der Waals surface area (Å²) in [6.07, 6.45) is -2.00. The Labute approximate surface area is 193 Å². The van der Waals surface area contributed by atoms with Gasteiger partial charge in [0.05, 0.1) is 24.2 Å². The molecule has 4 N–H and O–H groups in total. The lowest BCUT2D eigenvalue weighted by atomic mass is 10.1. The lowest BCUT2D eigenvalue weighted by Gasteiger charge is -2.15. The number of hydrogen-bond acceptors (Lipinski definition) is 8. The molecule has 0 radical (unpaired) electrons. The van der Waals surface area contributed by atoms with Gasteiger partial charge in [0.25, 0.3) is 0 Å². The number of ether oxygens (including phenoxy) is 2. The van der Waals surface area contributed by atoms with Gasteiger partial charge >= 0.3 is 0 Å². The average molecular weight is 463 g/mol. The van der Waals surface area contributed by atoms with E-state index >= 15 is 0 Å². The molecule has 0 bridgehead atoms. The first kappa shape index (κ1) is 28.1. The van der Waals surface area contributed by atoms with Crippen molar-refractivity contribution >= 4 is 11.0 Å². The zero-order valence-corrected chi connectivity index (χ0v) is 19.7. The van der Waals surface area contributed by atoms with Crippen LogP contribution >= 0.6 is 0 Å². The molecule has 182 valence electrons. The highest BCUT2D eigenvalue weighted by molar-refractivity contribution is 5.78. The summed E-state index contributed by atoms with van der Waals surface area (Å²) in [4.78, 5) is 12.2. The third kappa shape index (κ3) is 8.51. The molecular weight excluding hydrogens is 428 g/mol. The van der Waals surface area contributed by atoms with E-state index in [1.165, 1.54) is 25.1 Å². The fourth-order valence-electron chi connectivity index (χ4n) is 2.43. The highest BCUT2D eigenvalue weighted by Gasteiger charge is 2.14. The second-order valence-corrected chi connectivity index (χ2v) is 7.00. The fraction of sp³-hybridized carbons (Fsp3) is 0.400. The van der Waals surface area contributed by atoms with Gasteiger partial charge in [0.1, 0.15) is 24.1 Å². The Morgan fingerprint density at radius 1 is 1.03 bits per heavy atom. The largest absolute Gasteiger partial charge is 0.504 e. The van der Waals surface area contributed by atoms with Crippen molar-refractivity contribution in [1.82, 2.24) is 0 Å². The first-order valence-electron chi connectivity index (χ1n) is 10.8. The number of benzene rings is 2. The molecule has 3 unspecified atom stereocenters. The van der Waals surface area contributed by atoms with Crippen molar-refractivity contribution in [3.63, 3.8) is 0 Å². The van der Waals surface area contributed by atoms with Crippen molar-refractivity contribution in [3.8, 4) is 22.8 Å². The number of para-hydroxylation sites is 1. The molecule has 0 aliphatic heterocycles. The van der Waals surface area contributed by atoms with Gasteiger partial charge in [-0.25, -0.2) is 0 Å². The van der Waals surface area contributed by atoms with Crippen LogP contribution in [0.25, 0.3) is 22.3 Å². The Morgan fingerprint density at radius 2 is 1.70 bits per heavy atom. The van der Waals surface area contributed by atoms with Gasteiger partial charge in [0, 0.05) is 18.7 Å². The van der Waals surface area contributed by atoms with Crippen LogP contribution in [0.2, 0.25) is 0 Å². The Hall–Kier alpha value is -2.91. The van der Waals surface area contributed by atoms with Gasteiger partial charge in [0.15, 0.2) is 16.9 Å². The standard InChI is InChI=1S/C19H18O6.C4H10O2.C2H6/c1-11(20)16(23)10-24-18-7-6-12(8-15(18)22)19-9-14(21)13-4-2-3-5-17(13)25-19;1-4(3-5)6-2;1-2/h2-9,11,16,20,22-23H,10H2,1H3;4-5H,3H2,1-2H3;1-2H3. The number of aliphatic hydroxyl groups excluding tert-OH is 3. The molecule has 8 heteroatoms. The quantitative estimate of drug-likeness (QED) is 0.421. The normalized spacial score (nSPS) is 13.1. The maximum Gasteiger partial charge on any atom is 0.193 e. The summed E-state index contributed by atoms with van der Waals surface area (Å²) in [7, 11) is 1.57. The van der Waals surface area contributed by atoms with Crippen molar-refractivity contribution in [3.05, 3.63) is 58.8 Å². The third-order valence-electron chi connectivity index (χ3n) is 4.50. The van der Waals surface area contributed by atoms with Crippen LogP contribution in [0, 0.1) is 0 Å². The van der Waals surface area contributed by atoms with Crippen LogP contribution in [-0.4, -0.2) is 59.1 Å². The molecule has 0 aliphatic rings. The van der Waals surface area contributed by atoms with E-state index in [2.05, 4.69) is 4.74 Å². The van der Waals surface area contributed by atoms with Gasteiger partial charge in [-0.3, -0.25) is 4.79 Å². The SMILES string of the molecule is CC.CC(O)C(O)COc1ccc(-c2cc(=O)c3ccccc3o2)cc1O.COC(C)CO. The molecule has 0 saturated heterocycles. The van der Waals surface area contributed by atoms with Crippen LogP contribution in [0.4, 0.5) is 0 Å². The van der Waals surface area contributed by atoms with Crippen LogP contribution in [0.15, 0.2) is 57.7 Å². The molecule has 8 nitrogen and oxygen atoms in total. The van der Waals surface area contributed by atoms with E-state index in [1.54, 1.807) is 44.4 Å². The molecule has 3 atom stereocenters. The number of phenolic OH excluding ortho intramolecular Hbond substituents is 1. The van der Waals surface area contributed by atoms with E-state index in [9.17, 15) is 20.1 Å². The van der Waals surface area contributed by atoms with E-state index in [0.29, 0.717) is 22.3 Å². The first-order chi connectivity index (χ1) is 15.8. The molecule has 1 aromatic heterocycles. The van der Waals surface area contributed by atoms with Crippen LogP contribution in [0.3, 0.4) is 0 Å². The maximum atomic E-state index is 12.2. The summed E-state index contributed by atoms with van der Waals surface area (Å²) < 4.78 is 15.7. The number of fused-ring (bicyclic) bond motifs is 1. The van der Waals surface area contributed by atoms with Crippen molar-refractivity contribution in [2.75, 3.05) is 20.3 Å². The van der Waals surface area contributed by atoms with E-state index in [1.807, 2.05) is 13.8 Å². The molecular formula is C25H34O8. The van der Waals surface area contributed by atoms with Crippen LogP contribution in [-0.2, 0) is 4.74 Å². The van der Waals surface area contributed by atoms with Crippen LogP contribution in [0.1, 0.15) is 27.7 Å². The van der Waals surface area contributed by atoms with Crippen molar-refractivity contribution < 1.29 is 34.3 Å². The lowest BCUT2D eigenvalue weighted by Crippen LogP contribution is -2.29. The monoisotopic (exact) mass is 462 g/mol. The van der Waals surface area contributed by atoms with Crippen LogP contribution in [0.5, 0.6) is 11.5 Å². The number of aliphatic hydroxyl groups is 3. The van der Waals surface area contributed by atoms with E-state index in [-0.39, 0.29) is 36.2 Å². The summed E-state index contributed by atoms with van der Waals surface area (Å²) in [5.74, 6) is 0.326. The summed E-state index contributed by atoms with van der Waals surface area (Å²) in [5.41, 5.74) is 0.811. The maximum absolute atomic E-state index is 12.2. The van der Waals surface area contributed by atoms with E-state index < -0.39 is 12.2 Å². The number of hydrogen-bond donors (Lipinski definition) is 4. The predicted molar refractivity (Wildman–Crippen MR) is 128 cm³/mol. The van der Waals surface area contributed by atoms with Gasteiger partial charge in [-0.15, -0.1) is 0 Å². The Morgan fingerprint density at radius 3 is 2.24 bits per heavy atom. The van der Waals surface area contributed by atoms with Gasteiger partial charge in [0.2, 0.25) is 0 Å². The molecule has 1 heterocycles. The zero-order valence-electron chi connectivity index (χ0n) is 19.7. The summed E-state index contributed by atoms with van der Waals surface area (Å²) in [5, 5.41) is 37.6. The van der Waals surface area contributed by atoms with Gasteiger partial charge in [-0.2, -0.15) is 0 Å². The van der Waals surface area contributed by atoms with Crippen molar-refractivity contribution in [2.24, 2.45) is 0 Å². The van der Waals surface area contributed by atoms with Crippen molar-refractivity contribution in [2.45, 2.75) is 46.0 Å². The van der Waals surface area contributed by atoms with Gasteiger partial charge in [-0.05, 0) is 44.2 Å². The molecule has 3 rings (SSSR count). The minimum atomic E-state index is -1.06. The van der Waals surface area contributed by atoms with E-state index in [0.717, 1.165) is 0 Å². The van der Waals surface area contributed by atoms with E-state index in [4.69, 9.17) is 14.3 Å². The number of aromatic hydroxyl groups is 1. The minimum Gasteiger partial charge on any atom is -0.504 e. The highest BCUT2D eigenvalue weighted by atomic mass is 16.5. The van der Waals surface area contributed by atoms with Gasteiger partial charge < -0.3 is 34.3 Å². The molecule has 2 aromatic carbocycles. The Balaban J connectivity index is 0.000000593. The van der Waals surface area contributed by atoms with Gasteiger partial charge in [-0.1, -0.05) is 26.0 Å². The van der Waals surface area contributed by atoms with Crippen LogP contribution < -0.4 is 10.2 Å². The Kier molecular flexibility index (Phi) is 12.2. The third-order valence-corrected chi connectivity index (χ3v) is 4.50. The Bertz CT molecular complexity index is 1020. The summed E-state index contributed by atoms with van der Waals surface area (Å²) >= 11 is 0. The number of phenols is 1. The molecule has 0 spiro atoms. The highest BCUT2D eigenvalue weighted by Crippen LogP contribution is 2.32. The first-order valence-corrected chi connectivity index (χ1v) is 10.8. The molecule has 0 amide bonds. The molecule has 3 aromatic rings.